The van der Waals surface area contributed by atoms with Crippen molar-refractivity contribution >= 4 is 5.82 Å². The Morgan fingerprint density at radius 2 is 2.14 bits per heavy atom. The number of pyridine rings is 1. The zero-order chi connectivity index (χ0) is 10.4. The van der Waals surface area contributed by atoms with Crippen LogP contribution in [-0.4, -0.2) is 23.2 Å². The fourth-order valence-electron chi connectivity index (χ4n) is 0.988. The van der Waals surface area contributed by atoms with Gasteiger partial charge < -0.3 is 10.4 Å². The van der Waals surface area contributed by atoms with Crippen molar-refractivity contribution in [3.05, 3.63) is 23.9 Å². The Hall–Kier alpha value is -1.23. The van der Waals surface area contributed by atoms with Crippen LogP contribution in [0.3, 0.4) is 0 Å². The Balaban J connectivity index is 2.42. The molecule has 14 heavy (non-hydrogen) atoms. The smallest absolute Gasteiger partial charge is 0.168 e. The minimum absolute atomic E-state index is 0.0457. The molecule has 1 aromatic rings. The number of hydrogen-bond donors (Lipinski definition) is 2. The van der Waals surface area contributed by atoms with E-state index in [0.29, 0.717) is 13.0 Å². The van der Waals surface area contributed by atoms with Gasteiger partial charge in [0.15, 0.2) is 11.6 Å². The third-order valence-corrected chi connectivity index (χ3v) is 1.69. The third-order valence-electron chi connectivity index (χ3n) is 1.69. The average molecular weight is 202 g/mol. The van der Waals surface area contributed by atoms with Crippen molar-refractivity contribution in [2.24, 2.45) is 0 Å². The molecule has 1 heterocycles. The van der Waals surface area contributed by atoms with Crippen LogP contribution in [0.4, 0.5) is 14.6 Å². The van der Waals surface area contributed by atoms with E-state index in [1.807, 2.05) is 0 Å². The van der Waals surface area contributed by atoms with Gasteiger partial charge in [-0.3, -0.25) is 0 Å². The molecule has 0 atom stereocenters. The van der Waals surface area contributed by atoms with E-state index in [4.69, 9.17) is 5.11 Å². The van der Waals surface area contributed by atoms with Crippen LogP contribution in [0.15, 0.2) is 12.3 Å². The van der Waals surface area contributed by atoms with Crippen molar-refractivity contribution in [3.63, 3.8) is 0 Å². The third kappa shape index (κ3) is 3.26. The van der Waals surface area contributed by atoms with Crippen LogP contribution in [0.1, 0.15) is 12.8 Å². The topological polar surface area (TPSA) is 45.1 Å². The molecule has 0 aliphatic heterocycles. The summed E-state index contributed by atoms with van der Waals surface area (Å²) in [4.78, 5) is 3.55. The van der Waals surface area contributed by atoms with Gasteiger partial charge in [0.2, 0.25) is 0 Å². The number of anilines is 1. The number of unbranched alkanes of at least 4 members (excludes halogenated alkanes) is 1. The number of aliphatic hydroxyl groups excluding tert-OH is 1. The minimum atomic E-state index is -0.700. The van der Waals surface area contributed by atoms with E-state index >= 15 is 0 Å². The number of rotatable bonds is 5. The first-order valence-corrected chi connectivity index (χ1v) is 4.40. The molecule has 0 aliphatic rings. The van der Waals surface area contributed by atoms with Crippen LogP contribution in [0.2, 0.25) is 0 Å². The summed E-state index contributed by atoms with van der Waals surface area (Å²) < 4.78 is 25.4. The number of aliphatic hydroxyl groups is 1. The van der Waals surface area contributed by atoms with Crippen molar-refractivity contribution in [3.8, 4) is 0 Å². The first-order chi connectivity index (χ1) is 6.74. The molecule has 0 amide bonds. The number of nitrogens with one attached hydrogen (secondary N) is 1. The van der Waals surface area contributed by atoms with E-state index in [0.717, 1.165) is 18.7 Å². The summed E-state index contributed by atoms with van der Waals surface area (Å²) >= 11 is 0. The summed E-state index contributed by atoms with van der Waals surface area (Å²) in [6, 6.07) is 0.779. The molecule has 0 bridgehead atoms. The summed E-state index contributed by atoms with van der Waals surface area (Å²) in [5.41, 5.74) is 0. The lowest BCUT2D eigenvalue weighted by Gasteiger charge is -2.05. The van der Waals surface area contributed by atoms with Gasteiger partial charge in [0.05, 0.1) is 6.20 Å². The molecule has 0 saturated heterocycles. The van der Waals surface area contributed by atoms with Crippen molar-refractivity contribution in [1.82, 2.24) is 4.98 Å². The molecule has 0 radical (unpaired) electrons. The lowest BCUT2D eigenvalue weighted by atomic mass is 10.3. The van der Waals surface area contributed by atoms with Gasteiger partial charge in [-0.15, -0.1) is 0 Å². The van der Waals surface area contributed by atoms with Crippen LogP contribution >= 0.6 is 0 Å². The van der Waals surface area contributed by atoms with E-state index in [2.05, 4.69) is 10.3 Å². The molecule has 78 valence electrons. The summed E-state index contributed by atoms with van der Waals surface area (Å²) in [5.74, 6) is -1.35. The second kappa shape index (κ2) is 5.49. The van der Waals surface area contributed by atoms with Crippen LogP contribution < -0.4 is 5.32 Å². The lowest BCUT2D eigenvalue weighted by molar-refractivity contribution is 0.286. The van der Waals surface area contributed by atoms with E-state index in [1.54, 1.807) is 0 Å². The maximum absolute atomic E-state index is 12.9. The highest BCUT2D eigenvalue weighted by Crippen LogP contribution is 2.10. The Kier molecular flexibility index (Phi) is 4.25. The van der Waals surface area contributed by atoms with Gasteiger partial charge in [0.25, 0.3) is 0 Å². The molecule has 1 rings (SSSR count). The molecule has 0 aromatic carbocycles. The molecular weight excluding hydrogens is 190 g/mol. The Bertz CT molecular complexity index is 294. The second-order valence-corrected chi connectivity index (χ2v) is 2.84. The van der Waals surface area contributed by atoms with Crippen molar-refractivity contribution in [2.45, 2.75) is 12.8 Å². The molecule has 2 N–H and O–H groups in total. The SMILES string of the molecule is OCCCCNc1ncc(F)cc1F. The average Bonchev–Trinajstić information content (AvgIpc) is 2.15. The number of halogens is 2. The predicted molar refractivity (Wildman–Crippen MR) is 49.0 cm³/mol. The maximum Gasteiger partial charge on any atom is 0.168 e. The van der Waals surface area contributed by atoms with Crippen LogP contribution in [0.5, 0.6) is 0 Å². The van der Waals surface area contributed by atoms with E-state index in [-0.39, 0.29) is 12.4 Å². The highest BCUT2D eigenvalue weighted by molar-refractivity contribution is 5.35. The first-order valence-electron chi connectivity index (χ1n) is 4.40. The second-order valence-electron chi connectivity index (χ2n) is 2.84. The lowest BCUT2D eigenvalue weighted by Crippen LogP contribution is -2.06. The van der Waals surface area contributed by atoms with Crippen molar-refractivity contribution in [2.75, 3.05) is 18.5 Å². The van der Waals surface area contributed by atoms with Crippen molar-refractivity contribution in [1.29, 1.82) is 0 Å². The van der Waals surface area contributed by atoms with Gasteiger partial charge in [-0.2, -0.15) is 0 Å². The van der Waals surface area contributed by atoms with E-state index in [1.165, 1.54) is 0 Å². The predicted octanol–water partition coefficient (Wildman–Crippen LogP) is 1.54. The summed E-state index contributed by atoms with van der Waals surface area (Å²) in [6.45, 7) is 0.622. The van der Waals surface area contributed by atoms with Crippen LogP contribution in [-0.2, 0) is 0 Å². The zero-order valence-electron chi connectivity index (χ0n) is 7.63. The molecule has 1 aromatic heterocycles. The maximum atomic E-state index is 12.9. The summed E-state index contributed by atoms with van der Waals surface area (Å²) in [7, 11) is 0. The van der Waals surface area contributed by atoms with Gasteiger partial charge in [-0.25, -0.2) is 13.8 Å². The highest BCUT2D eigenvalue weighted by Gasteiger charge is 2.03. The zero-order valence-corrected chi connectivity index (χ0v) is 7.63. The van der Waals surface area contributed by atoms with Crippen molar-refractivity contribution < 1.29 is 13.9 Å². The molecule has 3 nitrogen and oxygen atoms in total. The fourth-order valence-corrected chi connectivity index (χ4v) is 0.988. The standard InChI is InChI=1S/C9H12F2N2O/c10-7-5-8(11)9(13-6-7)12-3-1-2-4-14/h5-6,14H,1-4H2,(H,12,13). The van der Waals surface area contributed by atoms with Gasteiger partial charge in [-0.1, -0.05) is 0 Å². The van der Waals surface area contributed by atoms with Gasteiger partial charge in [-0.05, 0) is 12.8 Å². The minimum Gasteiger partial charge on any atom is -0.396 e. The van der Waals surface area contributed by atoms with Gasteiger partial charge >= 0.3 is 0 Å². The van der Waals surface area contributed by atoms with E-state index in [9.17, 15) is 8.78 Å². The Labute approximate surface area is 80.8 Å². The van der Waals surface area contributed by atoms with Gasteiger partial charge in [0.1, 0.15) is 5.82 Å². The molecule has 0 fully saturated rings. The van der Waals surface area contributed by atoms with Gasteiger partial charge in [0, 0.05) is 19.2 Å². The number of nitrogens with zero attached hydrogens (tertiary/aromatic N) is 1. The number of hydrogen-bond acceptors (Lipinski definition) is 3. The van der Waals surface area contributed by atoms with E-state index < -0.39 is 11.6 Å². The summed E-state index contributed by atoms with van der Waals surface area (Å²) in [6.07, 6.45) is 2.32. The number of aromatic nitrogens is 1. The van der Waals surface area contributed by atoms with Crippen LogP contribution in [0.25, 0.3) is 0 Å². The molecule has 0 unspecified atom stereocenters. The quantitative estimate of drug-likeness (QED) is 0.712. The highest BCUT2D eigenvalue weighted by atomic mass is 19.1. The van der Waals surface area contributed by atoms with Crippen LogP contribution in [0, 0.1) is 11.6 Å². The first kappa shape index (κ1) is 10.8. The molecular formula is C9H12F2N2O. The molecule has 0 aliphatic carbocycles. The Morgan fingerprint density at radius 3 is 2.79 bits per heavy atom. The molecule has 0 spiro atoms. The monoisotopic (exact) mass is 202 g/mol. The normalized spacial score (nSPS) is 10.2. The fraction of sp³-hybridized carbons (Fsp3) is 0.444. The summed E-state index contributed by atoms with van der Waals surface area (Å²) in [5, 5.41) is 11.2. The largest absolute Gasteiger partial charge is 0.396 e. The molecule has 0 saturated carbocycles. The Morgan fingerprint density at radius 1 is 1.36 bits per heavy atom. The molecule has 5 heteroatoms.